The van der Waals surface area contributed by atoms with Gasteiger partial charge in [-0.1, -0.05) is 32.9 Å². The number of ether oxygens (including phenoxy) is 1. The highest BCUT2D eigenvalue weighted by Gasteiger charge is 2.37. The molecular formula is C24H38N4O5S. The number of piperazine rings is 1. The molecule has 1 N–H and O–H groups in total. The fourth-order valence-electron chi connectivity index (χ4n) is 4.32. The number of benzene rings is 1. The quantitative estimate of drug-likeness (QED) is 0.648. The first-order chi connectivity index (χ1) is 15.9. The molecule has 190 valence electrons. The molecule has 2 heterocycles. The predicted octanol–water partition coefficient (Wildman–Crippen LogP) is 1.60. The first-order valence-corrected chi connectivity index (χ1v) is 13.3. The summed E-state index contributed by atoms with van der Waals surface area (Å²) in [5, 5.41) is 2.80. The van der Waals surface area contributed by atoms with Crippen LogP contribution in [0.2, 0.25) is 0 Å². The molecule has 0 unspecified atom stereocenters. The van der Waals surface area contributed by atoms with E-state index in [1.807, 2.05) is 26.0 Å². The van der Waals surface area contributed by atoms with Crippen molar-refractivity contribution >= 4 is 22.0 Å². The fourth-order valence-corrected chi connectivity index (χ4v) is 6.06. The van der Waals surface area contributed by atoms with Crippen LogP contribution in [-0.2, 0) is 25.2 Å². The minimum Gasteiger partial charge on any atom is -0.373 e. The third kappa shape index (κ3) is 6.56. The van der Waals surface area contributed by atoms with Crippen LogP contribution in [0.1, 0.15) is 57.0 Å². The molecule has 9 nitrogen and oxygen atoms in total. The van der Waals surface area contributed by atoms with Crippen molar-refractivity contribution in [2.45, 2.75) is 58.7 Å². The molecule has 2 amide bonds. The van der Waals surface area contributed by atoms with Gasteiger partial charge in [0.05, 0.1) is 12.2 Å². The highest BCUT2D eigenvalue weighted by Crippen LogP contribution is 2.22. The molecular weight excluding hydrogens is 456 g/mol. The van der Waals surface area contributed by atoms with Crippen LogP contribution in [0.3, 0.4) is 0 Å². The molecule has 0 aromatic heterocycles. The zero-order valence-corrected chi connectivity index (χ0v) is 21.7. The third-order valence-corrected chi connectivity index (χ3v) is 8.24. The summed E-state index contributed by atoms with van der Waals surface area (Å²) in [6, 6.07) is 7.50. The summed E-state index contributed by atoms with van der Waals surface area (Å²) in [7, 11) is -3.58. The fraction of sp³-hybridized carbons (Fsp3) is 0.667. The SMILES string of the molecule is C[C@@H]1CN(S(=O)(=O)N2CCN(C(=O)CCNC(=O)c3ccc(C(C)(C)C)cc3)CC2)C[C@@H](C)O1. The molecule has 3 rings (SSSR count). The Hall–Kier alpha value is -2.01. The van der Waals surface area contributed by atoms with Gasteiger partial charge in [-0.25, -0.2) is 0 Å². The minimum absolute atomic E-state index is 0.0177. The first-order valence-electron chi connectivity index (χ1n) is 11.9. The summed E-state index contributed by atoms with van der Waals surface area (Å²) in [6.45, 7) is 12.2. The Morgan fingerprint density at radius 2 is 1.53 bits per heavy atom. The molecule has 2 saturated heterocycles. The zero-order valence-electron chi connectivity index (χ0n) is 20.9. The van der Waals surface area contributed by atoms with Crippen LogP contribution in [0, 0.1) is 0 Å². The van der Waals surface area contributed by atoms with Crippen molar-refractivity contribution in [3.8, 4) is 0 Å². The minimum atomic E-state index is -3.58. The largest absolute Gasteiger partial charge is 0.373 e. The predicted molar refractivity (Wildman–Crippen MR) is 131 cm³/mol. The van der Waals surface area contributed by atoms with Gasteiger partial charge in [-0.3, -0.25) is 9.59 Å². The number of nitrogens with zero attached hydrogens (tertiary/aromatic N) is 3. The average molecular weight is 495 g/mol. The van der Waals surface area contributed by atoms with Gasteiger partial charge in [-0.05, 0) is 37.0 Å². The highest BCUT2D eigenvalue weighted by atomic mass is 32.2. The van der Waals surface area contributed by atoms with E-state index in [1.165, 1.54) is 8.61 Å². The summed E-state index contributed by atoms with van der Waals surface area (Å²) >= 11 is 0. The first kappa shape index (κ1) is 26.6. The molecule has 10 heteroatoms. The van der Waals surface area contributed by atoms with Gasteiger partial charge >= 0.3 is 0 Å². The topological polar surface area (TPSA) is 99.3 Å². The lowest BCUT2D eigenvalue weighted by Crippen LogP contribution is -2.57. The van der Waals surface area contributed by atoms with Crippen LogP contribution >= 0.6 is 0 Å². The van der Waals surface area contributed by atoms with Gasteiger partial charge in [0.25, 0.3) is 16.1 Å². The maximum absolute atomic E-state index is 13.0. The molecule has 0 radical (unpaired) electrons. The normalized spacial score (nSPS) is 23.0. The number of nitrogens with one attached hydrogen (secondary N) is 1. The summed E-state index contributed by atoms with van der Waals surface area (Å²) in [6.07, 6.45) is -0.113. The summed E-state index contributed by atoms with van der Waals surface area (Å²) in [5.74, 6) is -0.299. The molecule has 2 atom stereocenters. The number of rotatable bonds is 6. The molecule has 2 fully saturated rings. The average Bonchev–Trinajstić information content (AvgIpc) is 2.78. The van der Waals surface area contributed by atoms with E-state index in [4.69, 9.17) is 4.74 Å². The second kappa shape index (κ2) is 10.7. The van der Waals surface area contributed by atoms with E-state index < -0.39 is 10.2 Å². The molecule has 2 aliphatic heterocycles. The van der Waals surface area contributed by atoms with E-state index in [-0.39, 0.29) is 55.5 Å². The Morgan fingerprint density at radius 1 is 0.971 bits per heavy atom. The van der Waals surface area contributed by atoms with Crippen LogP contribution in [0.5, 0.6) is 0 Å². The molecule has 34 heavy (non-hydrogen) atoms. The second-order valence-electron chi connectivity index (χ2n) is 10.2. The molecule has 2 aliphatic rings. The molecule has 0 spiro atoms. The van der Waals surface area contributed by atoms with Gasteiger partial charge in [0.15, 0.2) is 0 Å². The number of carbonyl (C=O) groups is 2. The van der Waals surface area contributed by atoms with Gasteiger partial charge in [0.2, 0.25) is 5.91 Å². The molecule has 0 saturated carbocycles. The van der Waals surface area contributed by atoms with Gasteiger partial charge in [0.1, 0.15) is 0 Å². The van der Waals surface area contributed by atoms with Crippen molar-refractivity contribution in [3.05, 3.63) is 35.4 Å². The Balaban J connectivity index is 1.43. The molecule has 1 aromatic rings. The van der Waals surface area contributed by atoms with E-state index in [0.29, 0.717) is 31.7 Å². The van der Waals surface area contributed by atoms with Gasteiger partial charge < -0.3 is 15.0 Å². The van der Waals surface area contributed by atoms with Gasteiger partial charge in [0, 0.05) is 57.8 Å². The van der Waals surface area contributed by atoms with E-state index in [9.17, 15) is 18.0 Å². The standard InChI is InChI=1S/C24H38N4O5S/c1-18-16-28(17-19(2)33-18)34(31,32)27-14-12-26(13-15-27)22(29)10-11-25-23(30)20-6-8-21(9-7-20)24(3,4)5/h6-9,18-19H,10-17H2,1-5H3,(H,25,30)/t18-,19-/m1/s1. The summed E-state index contributed by atoms with van der Waals surface area (Å²) < 4.78 is 34.6. The number of amides is 2. The van der Waals surface area contributed by atoms with Crippen molar-refractivity contribution in [2.24, 2.45) is 0 Å². The number of hydrogen-bond donors (Lipinski definition) is 1. The zero-order chi connectivity index (χ0) is 25.1. The number of carbonyl (C=O) groups excluding carboxylic acids is 2. The summed E-state index contributed by atoms with van der Waals surface area (Å²) in [4.78, 5) is 26.7. The van der Waals surface area contributed by atoms with Gasteiger partial charge in [-0.15, -0.1) is 0 Å². The smallest absolute Gasteiger partial charge is 0.282 e. The van der Waals surface area contributed by atoms with Crippen LogP contribution < -0.4 is 5.32 Å². The molecule has 1 aromatic carbocycles. The van der Waals surface area contributed by atoms with Crippen molar-refractivity contribution < 1.29 is 22.7 Å². The Morgan fingerprint density at radius 3 is 2.06 bits per heavy atom. The lowest BCUT2D eigenvalue weighted by atomic mass is 9.87. The van der Waals surface area contributed by atoms with E-state index in [1.54, 1.807) is 17.0 Å². The molecule has 0 aliphatic carbocycles. The van der Waals surface area contributed by atoms with Crippen molar-refractivity contribution in [3.63, 3.8) is 0 Å². The van der Waals surface area contributed by atoms with Crippen molar-refractivity contribution in [2.75, 3.05) is 45.8 Å². The third-order valence-electron chi connectivity index (χ3n) is 6.27. The Labute approximate surface area is 203 Å². The van der Waals surface area contributed by atoms with Crippen LogP contribution in [0.4, 0.5) is 0 Å². The second-order valence-corrected chi connectivity index (χ2v) is 12.1. The Kier molecular flexibility index (Phi) is 8.38. The summed E-state index contributed by atoms with van der Waals surface area (Å²) in [5.41, 5.74) is 1.73. The Bertz CT molecular complexity index is 956. The lowest BCUT2D eigenvalue weighted by Gasteiger charge is -2.40. The molecule has 0 bridgehead atoms. The maximum Gasteiger partial charge on any atom is 0.282 e. The van der Waals surface area contributed by atoms with Gasteiger partial charge in [-0.2, -0.15) is 17.0 Å². The van der Waals surface area contributed by atoms with Crippen molar-refractivity contribution in [1.82, 2.24) is 18.8 Å². The van der Waals surface area contributed by atoms with Crippen LogP contribution in [0.15, 0.2) is 24.3 Å². The monoisotopic (exact) mass is 494 g/mol. The van der Waals surface area contributed by atoms with Crippen LogP contribution in [0.25, 0.3) is 0 Å². The number of morpholine rings is 1. The van der Waals surface area contributed by atoms with Crippen molar-refractivity contribution in [1.29, 1.82) is 0 Å². The number of hydrogen-bond acceptors (Lipinski definition) is 5. The maximum atomic E-state index is 13.0. The van der Waals surface area contributed by atoms with E-state index in [2.05, 4.69) is 26.1 Å². The highest BCUT2D eigenvalue weighted by molar-refractivity contribution is 7.86. The lowest BCUT2D eigenvalue weighted by molar-refractivity contribution is -0.132. The van der Waals surface area contributed by atoms with E-state index in [0.717, 1.165) is 5.56 Å². The van der Waals surface area contributed by atoms with E-state index >= 15 is 0 Å². The van der Waals surface area contributed by atoms with Crippen LogP contribution in [-0.4, -0.2) is 91.8 Å².